The Bertz CT molecular complexity index is 1010. The number of aromatic nitrogens is 1. The molecule has 0 unspecified atom stereocenters. The van der Waals surface area contributed by atoms with E-state index in [-0.39, 0.29) is 12.6 Å². The van der Waals surface area contributed by atoms with Crippen molar-refractivity contribution in [2.24, 2.45) is 7.05 Å². The van der Waals surface area contributed by atoms with Crippen molar-refractivity contribution in [1.29, 1.82) is 0 Å². The summed E-state index contributed by atoms with van der Waals surface area (Å²) >= 11 is 3.44. The van der Waals surface area contributed by atoms with Crippen molar-refractivity contribution in [1.82, 2.24) is 4.57 Å². The van der Waals surface area contributed by atoms with E-state index in [1.165, 1.54) is 6.92 Å². The fourth-order valence-electron chi connectivity index (χ4n) is 3.15. The van der Waals surface area contributed by atoms with E-state index in [2.05, 4.69) is 15.9 Å². The molecule has 2 aromatic carbocycles. The van der Waals surface area contributed by atoms with Crippen LogP contribution >= 0.6 is 15.9 Å². The molecule has 0 radical (unpaired) electrons. The standard InChI is InChI=1S/C21H20BrNO4/c1-4-26-21(25)20-15-11-19(27-13(2)24)16(22)12-17(15)23(3)18(20)10-14-8-6-5-7-9-14/h5-9,11-12H,4,10H2,1-3H3. The van der Waals surface area contributed by atoms with Crippen LogP contribution in [0.25, 0.3) is 10.9 Å². The second-order valence-corrected chi connectivity index (χ2v) is 7.01. The third-order valence-corrected chi connectivity index (χ3v) is 4.94. The molecular weight excluding hydrogens is 410 g/mol. The van der Waals surface area contributed by atoms with Crippen molar-refractivity contribution in [2.75, 3.05) is 6.61 Å². The molecule has 3 rings (SSSR count). The van der Waals surface area contributed by atoms with Crippen LogP contribution in [0.4, 0.5) is 0 Å². The Labute approximate surface area is 166 Å². The summed E-state index contributed by atoms with van der Waals surface area (Å²) in [5.74, 6) is -0.435. The first-order chi connectivity index (χ1) is 12.9. The molecule has 1 aromatic heterocycles. The van der Waals surface area contributed by atoms with Gasteiger partial charge in [0, 0.05) is 31.5 Å². The van der Waals surface area contributed by atoms with Gasteiger partial charge >= 0.3 is 11.9 Å². The van der Waals surface area contributed by atoms with Gasteiger partial charge in [0.25, 0.3) is 0 Å². The first-order valence-electron chi connectivity index (χ1n) is 8.62. The molecule has 0 saturated carbocycles. The highest BCUT2D eigenvalue weighted by Gasteiger charge is 2.24. The van der Waals surface area contributed by atoms with Gasteiger partial charge in [-0.15, -0.1) is 0 Å². The lowest BCUT2D eigenvalue weighted by atomic mass is 10.0. The fraction of sp³-hybridized carbons (Fsp3) is 0.238. The molecule has 0 N–H and O–H groups in total. The lowest BCUT2D eigenvalue weighted by Crippen LogP contribution is -2.09. The minimum atomic E-state index is -0.423. The number of rotatable bonds is 5. The van der Waals surface area contributed by atoms with Crippen molar-refractivity contribution < 1.29 is 19.1 Å². The van der Waals surface area contributed by atoms with Gasteiger partial charge in [-0.05, 0) is 40.5 Å². The summed E-state index contributed by atoms with van der Waals surface area (Å²) in [6, 6.07) is 13.5. The number of ether oxygens (including phenoxy) is 2. The molecule has 0 bridgehead atoms. The molecule has 0 amide bonds. The zero-order valence-electron chi connectivity index (χ0n) is 15.4. The summed E-state index contributed by atoms with van der Waals surface area (Å²) in [4.78, 5) is 24.1. The van der Waals surface area contributed by atoms with Crippen LogP contribution in [0.2, 0.25) is 0 Å². The lowest BCUT2D eigenvalue weighted by Gasteiger charge is -2.08. The lowest BCUT2D eigenvalue weighted by molar-refractivity contribution is -0.131. The third-order valence-electron chi connectivity index (χ3n) is 4.32. The summed E-state index contributed by atoms with van der Waals surface area (Å²) in [6.45, 7) is 3.41. The van der Waals surface area contributed by atoms with Gasteiger partial charge in [0.1, 0.15) is 5.75 Å². The molecule has 6 heteroatoms. The molecule has 0 atom stereocenters. The van der Waals surface area contributed by atoms with Gasteiger partial charge < -0.3 is 14.0 Å². The van der Waals surface area contributed by atoms with Crippen molar-refractivity contribution in [2.45, 2.75) is 20.3 Å². The number of hydrogen-bond donors (Lipinski definition) is 0. The average Bonchev–Trinajstić information content (AvgIpc) is 2.88. The largest absolute Gasteiger partial charge is 0.462 e. The van der Waals surface area contributed by atoms with E-state index >= 15 is 0 Å². The molecule has 0 aliphatic heterocycles. The normalized spacial score (nSPS) is 10.8. The van der Waals surface area contributed by atoms with Gasteiger partial charge in [0.05, 0.1) is 22.2 Å². The average molecular weight is 430 g/mol. The van der Waals surface area contributed by atoms with Gasteiger partial charge in [0.15, 0.2) is 0 Å². The molecule has 0 aliphatic rings. The summed E-state index contributed by atoms with van der Waals surface area (Å²) < 4.78 is 13.2. The van der Waals surface area contributed by atoms with Crippen LogP contribution in [0, 0.1) is 0 Å². The van der Waals surface area contributed by atoms with Gasteiger partial charge in [-0.3, -0.25) is 4.79 Å². The van der Waals surface area contributed by atoms with E-state index in [0.717, 1.165) is 16.8 Å². The Hall–Kier alpha value is -2.60. The molecule has 0 spiro atoms. The second kappa shape index (κ2) is 7.96. The highest BCUT2D eigenvalue weighted by atomic mass is 79.9. The molecule has 0 saturated heterocycles. The van der Waals surface area contributed by atoms with Crippen LogP contribution in [0.5, 0.6) is 5.75 Å². The van der Waals surface area contributed by atoms with Crippen LogP contribution in [0.3, 0.4) is 0 Å². The van der Waals surface area contributed by atoms with Crippen LogP contribution in [-0.4, -0.2) is 23.1 Å². The summed E-state index contributed by atoms with van der Waals surface area (Å²) in [7, 11) is 1.92. The number of benzene rings is 2. The first-order valence-corrected chi connectivity index (χ1v) is 9.42. The van der Waals surface area contributed by atoms with Gasteiger partial charge in [-0.1, -0.05) is 30.3 Å². The van der Waals surface area contributed by atoms with Crippen LogP contribution in [0.15, 0.2) is 46.9 Å². The maximum absolute atomic E-state index is 12.7. The Morgan fingerprint density at radius 3 is 2.48 bits per heavy atom. The smallest absolute Gasteiger partial charge is 0.340 e. The maximum atomic E-state index is 12.7. The molecule has 27 heavy (non-hydrogen) atoms. The minimum Gasteiger partial charge on any atom is -0.462 e. The molecule has 3 aromatic rings. The first kappa shape index (κ1) is 19.2. The van der Waals surface area contributed by atoms with Crippen molar-refractivity contribution in [3.8, 4) is 5.75 Å². The predicted molar refractivity (Wildman–Crippen MR) is 107 cm³/mol. The van der Waals surface area contributed by atoms with E-state index < -0.39 is 5.97 Å². The van der Waals surface area contributed by atoms with Crippen LogP contribution in [0.1, 0.15) is 35.5 Å². The summed E-state index contributed by atoms with van der Waals surface area (Å²) in [5.41, 5.74) is 3.29. The number of nitrogens with zero attached hydrogens (tertiary/aromatic N) is 1. The molecular formula is C21H20BrNO4. The van der Waals surface area contributed by atoms with Crippen molar-refractivity contribution in [3.05, 3.63) is 63.8 Å². The molecule has 140 valence electrons. The van der Waals surface area contributed by atoms with Crippen molar-refractivity contribution in [3.63, 3.8) is 0 Å². The Morgan fingerprint density at radius 1 is 1.15 bits per heavy atom. The Kier molecular flexibility index (Phi) is 5.65. The van der Waals surface area contributed by atoms with E-state index in [1.54, 1.807) is 13.0 Å². The summed E-state index contributed by atoms with van der Waals surface area (Å²) in [6.07, 6.45) is 0.584. The van der Waals surface area contributed by atoms with Crippen LogP contribution < -0.4 is 4.74 Å². The number of carbonyl (C=O) groups excluding carboxylic acids is 2. The molecule has 0 fully saturated rings. The zero-order chi connectivity index (χ0) is 19.6. The Morgan fingerprint density at radius 2 is 1.85 bits per heavy atom. The van der Waals surface area contributed by atoms with Crippen molar-refractivity contribution >= 4 is 38.8 Å². The number of esters is 2. The third kappa shape index (κ3) is 3.90. The topological polar surface area (TPSA) is 57.5 Å². The fourth-order valence-corrected chi connectivity index (χ4v) is 3.56. The Balaban J connectivity index is 2.23. The second-order valence-electron chi connectivity index (χ2n) is 6.16. The number of aryl methyl sites for hydroxylation is 1. The predicted octanol–water partition coefficient (Wildman–Crippen LogP) is 4.63. The van der Waals surface area contributed by atoms with E-state index in [4.69, 9.17) is 9.47 Å². The SMILES string of the molecule is CCOC(=O)c1c(Cc2ccccc2)n(C)c2cc(Br)c(OC(C)=O)cc12. The van der Waals surface area contributed by atoms with E-state index in [1.807, 2.05) is 48.0 Å². The quantitative estimate of drug-likeness (QED) is 0.438. The highest BCUT2D eigenvalue weighted by molar-refractivity contribution is 9.10. The molecule has 1 heterocycles. The van der Waals surface area contributed by atoms with Gasteiger partial charge in [-0.2, -0.15) is 0 Å². The highest BCUT2D eigenvalue weighted by Crippen LogP contribution is 2.36. The minimum absolute atomic E-state index is 0.285. The maximum Gasteiger partial charge on any atom is 0.340 e. The monoisotopic (exact) mass is 429 g/mol. The van der Waals surface area contributed by atoms with Crippen LogP contribution in [-0.2, 0) is 23.0 Å². The molecule has 0 aliphatic carbocycles. The van der Waals surface area contributed by atoms with E-state index in [9.17, 15) is 9.59 Å². The number of fused-ring (bicyclic) bond motifs is 1. The number of halogens is 1. The number of carbonyl (C=O) groups is 2. The number of hydrogen-bond acceptors (Lipinski definition) is 4. The van der Waals surface area contributed by atoms with Gasteiger partial charge in [-0.25, -0.2) is 4.79 Å². The van der Waals surface area contributed by atoms with Gasteiger partial charge in [0.2, 0.25) is 0 Å². The molecule has 5 nitrogen and oxygen atoms in total. The summed E-state index contributed by atoms with van der Waals surface area (Å²) in [5, 5.41) is 0.696. The zero-order valence-corrected chi connectivity index (χ0v) is 17.0. The van der Waals surface area contributed by atoms with E-state index in [0.29, 0.717) is 27.6 Å².